The summed E-state index contributed by atoms with van der Waals surface area (Å²) in [5.74, 6) is 0.164. The third-order valence-corrected chi connectivity index (χ3v) is 5.77. The van der Waals surface area contributed by atoms with Gasteiger partial charge in [-0.2, -0.15) is 0 Å². The van der Waals surface area contributed by atoms with Crippen molar-refractivity contribution in [3.05, 3.63) is 64.1 Å². The van der Waals surface area contributed by atoms with E-state index in [9.17, 15) is 9.59 Å². The van der Waals surface area contributed by atoms with E-state index >= 15 is 0 Å². The molecule has 0 aliphatic carbocycles. The van der Waals surface area contributed by atoms with Gasteiger partial charge in [0.1, 0.15) is 5.75 Å². The highest BCUT2D eigenvalue weighted by atomic mass is 79.9. The molecule has 7 heteroatoms. The van der Waals surface area contributed by atoms with Gasteiger partial charge >= 0.3 is 0 Å². The fourth-order valence-electron chi connectivity index (χ4n) is 3.48. The van der Waals surface area contributed by atoms with Crippen LogP contribution in [0, 0.1) is 0 Å². The Morgan fingerprint density at radius 1 is 1.10 bits per heavy atom. The van der Waals surface area contributed by atoms with Crippen molar-refractivity contribution in [2.75, 3.05) is 33.4 Å². The second-order valence-corrected chi connectivity index (χ2v) is 8.01. The Morgan fingerprint density at radius 3 is 2.48 bits per heavy atom. The van der Waals surface area contributed by atoms with Crippen molar-refractivity contribution < 1.29 is 19.1 Å². The average Bonchev–Trinajstić information content (AvgIpc) is 2.76. The van der Waals surface area contributed by atoms with E-state index in [1.165, 1.54) is 5.56 Å². The van der Waals surface area contributed by atoms with Crippen LogP contribution in [0.3, 0.4) is 0 Å². The van der Waals surface area contributed by atoms with Crippen LogP contribution in [0.2, 0.25) is 0 Å². The number of carbonyl (C=O) groups excluding carboxylic acids is 2. The van der Waals surface area contributed by atoms with Crippen LogP contribution in [0.15, 0.2) is 53.0 Å². The standard InChI is InChI=1S/C22H25BrN2O4/c1-28-19-7-5-16(6-8-19)21(27)24-14-20(26)25-15-22(9-11-29-12-10-22)17-3-2-4-18(23)13-17/h2-8,13H,9-12,14-15H2,1H3,(H,24,27)(H,25,26). The average molecular weight is 461 g/mol. The van der Waals surface area contributed by atoms with Gasteiger partial charge in [-0.25, -0.2) is 0 Å². The summed E-state index contributed by atoms with van der Waals surface area (Å²) in [6, 6.07) is 14.9. The minimum absolute atomic E-state index is 0.0735. The lowest BCUT2D eigenvalue weighted by atomic mass is 9.74. The number of ether oxygens (including phenoxy) is 2. The molecule has 2 amide bonds. The van der Waals surface area contributed by atoms with Gasteiger partial charge in [-0.1, -0.05) is 28.1 Å². The monoisotopic (exact) mass is 460 g/mol. The molecule has 1 aliphatic rings. The number of methoxy groups -OCH3 is 1. The van der Waals surface area contributed by atoms with Crippen LogP contribution < -0.4 is 15.4 Å². The van der Waals surface area contributed by atoms with Crippen LogP contribution in [0.4, 0.5) is 0 Å². The molecule has 0 unspecified atom stereocenters. The molecule has 1 fully saturated rings. The summed E-state index contributed by atoms with van der Waals surface area (Å²) in [5.41, 5.74) is 1.49. The predicted molar refractivity (Wildman–Crippen MR) is 114 cm³/mol. The fraction of sp³-hybridized carbons (Fsp3) is 0.364. The lowest BCUT2D eigenvalue weighted by molar-refractivity contribution is -0.120. The topological polar surface area (TPSA) is 76.7 Å². The Hall–Kier alpha value is -2.38. The Bertz CT molecular complexity index is 848. The summed E-state index contributed by atoms with van der Waals surface area (Å²) >= 11 is 3.53. The van der Waals surface area contributed by atoms with Crippen LogP contribution in [0.1, 0.15) is 28.8 Å². The number of benzene rings is 2. The number of carbonyl (C=O) groups is 2. The predicted octanol–water partition coefficient (Wildman–Crippen LogP) is 3.05. The summed E-state index contributed by atoms with van der Waals surface area (Å²) in [6.07, 6.45) is 1.67. The van der Waals surface area contributed by atoms with Crippen LogP contribution in [-0.4, -0.2) is 45.2 Å². The molecule has 154 valence electrons. The van der Waals surface area contributed by atoms with Crippen LogP contribution >= 0.6 is 15.9 Å². The molecule has 1 heterocycles. The highest BCUT2D eigenvalue weighted by Gasteiger charge is 2.35. The highest BCUT2D eigenvalue weighted by Crippen LogP contribution is 2.35. The second-order valence-electron chi connectivity index (χ2n) is 7.09. The summed E-state index contributed by atoms with van der Waals surface area (Å²) < 4.78 is 11.6. The van der Waals surface area contributed by atoms with Crippen molar-refractivity contribution in [2.24, 2.45) is 0 Å². The normalized spacial score (nSPS) is 15.4. The van der Waals surface area contributed by atoms with E-state index in [1.807, 2.05) is 12.1 Å². The first kappa shape index (κ1) is 21.3. The van der Waals surface area contributed by atoms with Crippen molar-refractivity contribution >= 4 is 27.7 Å². The van der Waals surface area contributed by atoms with E-state index < -0.39 is 0 Å². The van der Waals surface area contributed by atoms with Gasteiger partial charge in [0, 0.05) is 35.2 Å². The zero-order valence-corrected chi connectivity index (χ0v) is 18.0. The third-order valence-electron chi connectivity index (χ3n) is 5.27. The first-order chi connectivity index (χ1) is 14.0. The van der Waals surface area contributed by atoms with Crippen LogP contribution in [0.25, 0.3) is 0 Å². The van der Waals surface area contributed by atoms with E-state index in [0.717, 1.165) is 17.3 Å². The molecular weight excluding hydrogens is 436 g/mol. The fourth-order valence-corrected chi connectivity index (χ4v) is 3.88. The Morgan fingerprint density at radius 2 is 1.83 bits per heavy atom. The van der Waals surface area contributed by atoms with Crippen LogP contribution in [0.5, 0.6) is 5.75 Å². The third kappa shape index (κ3) is 5.58. The SMILES string of the molecule is COc1ccc(C(=O)NCC(=O)NCC2(c3cccc(Br)c3)CCOCC2)cc1. The maximum atomic E-state index is 12.4. The molecular formula is C22H25BrN2O4. The van der Waals surface area contributed by atoms with Crippen molar-refractivity contribution in [1.82, 2.24) is 10.6 Å². The van der Waals surface area contributed by atoms with Gasteiger partial charge in [0.25, 0.3) is 5.91 Å². The first-order valence-electron chi connectivity index (χ1n) is 9.55. The highest BCUT2D eigenvalue weighted by molar-refractivity contribution is 9.10. The Balaban J connectivity index is 1.56. The summed E-state index contributed by atoms with van der Waals surface area (Å²) in [6.45, 7) is 1.76. The molecule has 2 N–H and O–H groups in total. The Kier molecular flexibility index (Phi) is 7.28. The molecule has 0 saturated carbocycles. The zero-order chi connectivity index (χ0) is 20.7. The van der Waals surface area contributed by atoms with Gasteiger partial charge in [-0.05, 0) is 54.8 Å². The number of hydrogen-bond acceptors (Lipinski definition) is 4. The van der Waals surface area contributed by atoms with E-state index in [-0.39, 0.29) is 23.8 Å². The minimum atomic E-state index is -0.296. The summed E-state index contributed by atoms with van der Waals surface area (Å²) in [5, 5.41) is 5.65. The molecule has 1 aliphatic heterocycles. The molecule has 0 atom stereocenters. The summed E-state index contributed by atoms with van der Waals surface area (Å²) in [7, 11) is 1.57. The number of rotatable bonds is 7. The van der Waals surface area contributed by atoms with Crippen LogP contribution in [-0.2, 0) is 14.9 Å². The van der Waals surface area contributed by atoms with E-state index in [4.69, 9.17) is 9.47 Å². The van der Waals surface area contributed by atoms with Gasteiger partial charge in [0.2, 0.25) is 5.91 Å². The molecule has 0 aromatic heterocycles. The number of halogens is 1. The maximum absolute atomic E-state index is 12.4. The first-order valence-corrected chi connectivity index (χ1v) is 10.3. The van der Waals surface area contributed by atoms with Gasteiger partial charge in [-0.3, -0.25) is 9.59 Å². The smallest absolute Gasteiger partial charge is 0.251 e. The second kappa shape index (κ2) is 9.89. The maximum Gasteiger partial charge on any atom is 0.251 e. The number of amides is 2. The molecule has 0 bridgehead atoms. The molecule has 0 spiro atoms. The van der Waals surface area contributed by atoms with Crippen molar-refractivity contribution in [1.29, 1.82) is 0 Å². The van der Waals surface area contributed by atoms with E-state index in [0.29, 0.717) is 31.1 Å². The molecule has 29 heavy (non-hydrogen) atoms. The quantitative estimate of drug-likeness (QED) is 0.665. The van der Waals surface area contributed by atoms with Crippen molar-refractivity contribution in [2.45, 2.75) is 18.3 Å². The molecule has 2 aromatic carbocycles. The lowest BCUT2D eigenvalue weighted by Gasteiger charge is -2.38. The van der Waals surface area contributed by atoms with Gasteiger partial charge in [0.15, 0.2) is 0 Å². The Labute approximate surface area is 179 Å². The van der Waals surface area contributed by atoms with Gasteiger partial charge in [0.05, 0.1) is 13.7 Å². The molecule has 3 rings (SSSR count). The van der Waals surface area contributed by atoms with Crippen molar-refractivity contribution in [3.8, 4) is 5.75 Å². The van der Waals surface area contributed by atoms with Crippen molar-refractivity contribution in [3.63, 3.8) is 0 Å². The van der Waals surface area contributed by atoms with E-state index in [2.05, 4.69) is 38.7 Å². The molecule has 0 radical (unpaired) electrons. The molecule has 1 saturated heterocycles. The summed E-state index contributed by atoms with van der Waals surface area (Å²) in [4.78, 5) is 24.6. The number of hydrogen-bond donors (Lipinski definition) is 2. The van der Waals surface area contributed by atoms with Gasteiger partial charge in [-0.15, -0.1) is 0 Å². The number of nitrogens with one attached hydrogen (secondary N) is 2. The van der Waals surface area contributed by atoms with E-state index in [1.54, 1.807) is 31.4 Å². The minimum Gasteiger partial charge on any atom is -0.497 e. The molecule has 2 aromatic rings. The lowest BCUT2D eigenvalue weighted by Crippen LogP contribution is -2.47. The zero-order valence-electron chi connectivity index (χ0n) is 16.4. The van der Waals surface area contributed by atoms with Gasteiger partial charge < -0.3 is 20.1 Å². The largest absolute Gasteiger partial charge is 0.497 e. The molecule has 6 nitrogen and oxygen atoms in total.